The van der Waals surface area contributed by atoms with Crippen LogP contribution in [0.1, 0.15) is 68.8 Å². The number of nitrogens with zero attached hydrogens (tertiary/aromatic N) is 2. The number of ether oxygens (including phenoxy) is 1. The lowest BCUT2D eigenvalue weighted by Crippen LogP contribution is -3.14. The third-order valence-electron chi connectivity index (χ3n) is 7.65. The van der Waals surface area contributed by atoms with Crippen LogP contribution in [0.5, 0.6) is 0 Å². The molecule has 1 saturated heterocycles. The first kappa shape index (κ1) is 27.1. The number of quaternary nitrogens is 1. The Labute approximate surface area is 220 Å². The second-order valence-electron chi connectivity index (χ2n) is 11.5. The van der Waals surface area contributed by atoms with Gasteiger partial charge in [-0.3, -0.25) is 9.59 Å². The van der Waals surface area contributed by atoms with Gasteiger partial charge in [0.2, 0.25) is 6.73 Å². The molecule has 3 aliphatic rings. The van der Waals surface area contributed by atoms with E-state index in [1.165, 1.54) is 52.5 Å². The fourth-order valence-corrected chi connectivity index (χ4v) is 5.61. The number of ketones is 1. The van der Waals surface area contributed by atoms with Gasteiger partial charge in [-0.1, -0.05) is 19.1 Å². The molecule has 200 valence electrons. The van der Waals surface area contributed by atoms with Crippen molar-refractivity contribution in [2.75, 3.05) is 49.8 Å². The molecule has 5 rings (SSSR count). The zero-order chi connectivity index (χ0) is 26.7. The second kappa shape index (κ2) is 11.2. The largest absolute Gasteiger partial charge is 0.415 e. The number of likely N-dealkylation sites (N-methyl/N-ethyl adjacent to an activating group) is 1. The number of hydrogen-bond acceptors (Lipinski definition) is 5. The lowest BCUT2D eigenvalue weighted by Gasteiger charge is -2.40. The summed E-state index contributed by atoms with van der Waals surface area (Å²) in [5, 5.41) is 0. The third-order valence-corrected chi connectivity index (χ3v) is 7.65. The number of benzene rings is 2. The fraction of sp³-hybridized carbons (Fsp3) is 0.533. The molecule has 0 saturated carbocycles. The minimum atomic E-state index is -0.424. The molecule has 6 nitrogen and oxygen atoms in total. The van der Waals surface area contributed by atoms with Crippen LogP contribution in [0, 0.1) is 11.2 Å². The number of nitrogens with one attached hydrogen (secondary N) is 1. The van der Waals surface area contributed by atoms with Gasteiger partial charge in [-0.15, -0.1) is 0 Å². The molecule has 2 aromatic rings. The zero-order valence-corrected chi connectivity index (χ0v) is 22.9. The number of hydrogen-bond donors (Lipinski definition) is 1. The van der Waals surface area contributed by atoms with Crippen LogP contribution in [-0.4, -0.2) is 57.8 Å². The third kappa shape index (κ3) is 5.98. The van der Waals surface area contributed by atoms with E-state index < -0.39 is 5.41 Å². The van der Waals surface area contributed by atoms with Gasteiger partial charge < -0.3 is 19.4 Å². The van der Waals surface area contributed by atoms with E-state index in [0.29, 0.717) is 30.7 Å². The van der Waals surface area contributed by atoms with Gasteiger partial charge >= 0.3 is 5.97 Å². The molecule has 3 aliphatic heterocycles. The highest BCUT2D eigenvalue weighted by molar-refractivity contribution is 5.95. The van der Waals surface area contributed by atoms with Crippen LogP contribution in [0.4, 0.5) is 15.8 Å². The van der Waals surface area contributed by atoms with Crippen molar-refractivity contribution in [1.29, 1.82) is 0 Å². The maximum Gasteiger partial charge on any atom is 0.315 e. The van der Waals surface area contributed by atoms with Gasteiger partial charge in [-0.05, 0) is 63.1 Å². The number of halogens is 1. The summed E-state index contributed by atoms with van der Waals surface area (Å²) in [6, 6.07) is 13.0. The number of piperidine rings is 1. The number of carbonyl (C=O) groups excluding carboxylic acids is 2. The molecule has 1 N–H and O–H groups in total. The lowest BCUT2D eigenvalue weighted by molar-refractivity contribution is -0.923. The SMILES string of the molecule is CCCC(=O)c1ccc(F)cc1.CN1CCN2c3c(cccc31)[C@@H]1C[NH+](COC(=O)C(C)(C)C)CCC12. The lowest BCUT2D eigenvalue weighted by atomic mass is 9.89. The van der Waals surface area contributed by atoms with Gasteiger partial charge in [0.1, 0.15) is 5.82 Å². The summed E-state index contributed by atoms with van der Waals surface area (Å²) in [4.78, 5) is 29.7. The Morgan fingerprint density at radius 3 is 2.51 bits per heavy atom. The maximum absolute atomic E-state index is 12.4. The van der Waals surface area contributed by atoms with E-state index in [4.69, 9.17) is 4.74 Å². The highest BCUT2D eigenvalue weighted by Gasteiger charge is 2.46. The quantitative estimate of drug-likeness (QED) is 0.486. The van der Waals surface area contributed by atoms with E-state index in [-0.39, 0.29) is 17.6 Å². The van der Waals surface area contributed by atoms with Crippen LogP contribution in [0.3, 0.4) is 0 Å². The Morgan fingerprint density at radius 2 is 1.84 bits per heavy atom. The standard InChI is InChI=1S/C20H29N3O2.C10H11FO/c1-20(2,3)19(24)25-13-22-9-8-16-15(12-22)14-6-5-7-17-18(14)23(16)11-10-21(17)4;1-2-3-10(12)8-4-6-9(11)7-5-8/h5-7,15-16H,8-13H2,1-4H3;4-7H,2-3H2,1H3/p+1/t15-,16?;/m0./s1. The van der Waals surface area contributed by atoms with E-state index in [2.05, 4.69) is 35.0 Å². The van der Waals surface area contributed by atoms with Crippen molar-refractivity contribution in [3.05, 3.63) is 59.4 Å². The number of rotatable bonds is 5. The number of fused-ring (bicyclic) bond motifs is 3. The molecule has 7 heteroatoms. The van der Waals surface area contributed by atoms with Crippen molar-refractivity contribution < 1.29 is 23.6 Å². The number of esters is 1. The van der Waals surface area contributed by atoms with Crippen molar-refractivity contribution in [2.45, 2.75) is 58.9 Å². The van der Waals surface area contributed by atoms with E-state index >= 15 is 0 Å². The van der Waals surface area contributed by atoms with Crippen LogP contribution in [0.15, 0.2) is 42.5 Å². The van der Waals surface area contributed by atoms with Gasteiger partial charge in [-0.2, -0.15) is 0 Å². The summed E-state index contributed by atoms with van der Waals surface area (Å²) >= 11 is 0. The molecule has 0 aromatic heterocycles. The predicted molar refractivity (Wildman–Crippen MR) is 145 cm³/mol. The molecule has 0 spiro atoms. The molecule has 0 bridgehead atoms. The summed E-state index contributed by atoms with van der Waals surface area (Å²) in [6.07, 6.45) is 2.53. The van der Waals surface area contributed by atoms with Crippen LogP contribution >= 0.6 is 0 Å². The van der Waals surface area contributed by atoms with Gasteiger partial charge in [0.15, 0.2) is 5.78 Å². The Bertz CT molecular complexity index is 1110. The van der Waals surface area contributed by atoms with Gasteiger partial charge in [0, 0.05) is 44.6 Å². The Kier molecular flexibility index (Phi) is 8.22. The molecular weight excluding hydrogens is 469 g/mol. The molecule has 2 unspecified atom stereocenters. The van der Waals surface area contributed by atoms with Crippen molar-refractivity contribution in [2.24, 2.45) is 5.41 Å². The summed E-state index contributed by atoms with van der Waals surface area (Å²) in [6.45, 7) is 12.5. The molecule has 0 aliphatic carbocycles. The molecule has 0 radical (unpaired) electrons. The highest BCUT2D eigenvalue weighted by Crippen LogP contribution is 2.48. The molecule has 1 fully saturated rings. The van der Waals surface area contributed by atoms with Crippen LogP contribution in [-0.2, 0) is 9.53 Å². The van der Waals surface area contributed by atoms with Crippen LogP contribution < -0.4 is 14.7 Å². The summed E-state index contributed by atoms with van der Waals surface area (Å²) in [5.41, 5.74) is 4.50. The normalized spacial score (nSPS) is 21.9. The Morgan fingerprint density at radius 1 is 1.11 bits per heavy atom. The molecule has 3 heterocycles. The smallest absolute Gasteiger partial charge is 0.315 e. The number of carbonyl (C=O) groups is 2. The number of anilines is 2. The molecule has 0 amide bonds. The van der Waals surface area contributed by atoms with Gasteiger partial charge in [-0.25, -0.2) is 4.39 Å². The monoisotopic (exact) mass is 510 g/mol. The first-order valence-electron chi connectivity index (χ1n) is 13.5. The minimum absolute atomic E-state index is 0.0810. The number of likely N-dealkylation sites (tertiary alicyclic amines) is 1. The zero-order valence-electron chi connectivity index (χ0n) is 22.9. The van der Waals surface area contributed by atoms with E-state index in [0.717, 1.165) is 32.6 Å². The molecular formula is C30H41FN3O3+. The van der Waals surface area contributed by atoms with Crippen LogP contribution in [0.2, 0.25) is 0 Å². The predicted octanol–water partition coefficient (Wildman–Crippen LogP) is 4.05. The fourth-order valence-electron chi connectivity index (χ4n) is 5.61. The van der Waals surface area contributed by atoms with Crippen molar-refractivity contribution >= 4 is 23.1 Å². The van der Waals surface area contributed by atoms with E-state index in [1.54, 1.807) is 0 Å². The first-order chi connectivity index (χ1) is 17.6. The topological polar surface area (TPSA) is 54.3 Å². The van der Waals surface area contributed by atoms with E-state index in [9.17, 15) is 14.0 Å². The van der Waals surface area contributed by atoms with Crippen molar-refractivity contribution in [3.63, 3.8) is 0 Å². The average molecular weight is 511 g/mol. The minimum Gasteiger partial charge on any atom is -0.415 e. The summed E-state index contributed by atoms with van der Waals surface area (Å²) < 4.78 is 18.0. The molecule has 2 aromatic carbocycles. The maximum atomic E-state index is 12.4. The molecule has 3 atom stereocenters. The summed E-state index contributed by atoms with van der Waals surface area (Å²) in [5.74, 6) is 0.233. The number of para-hydroxylation sites is 1. The van der Waals surface area contributed by atoms with Gasteiger partial charge in [0.05, 0.1) is 35.8 Å². The van der Waals surface area contributed by atoms with Crippen molar-refractivity contribution in [3.8, 4) is 0 Å². The molecule has 37 heavy (non-hydrogen) atoms. The number of Topliss-reactive ketones (excluding diaryl/α,β-unsaturated/α-hetero) is 1. The second-order valence-corrected chi connectivity index (χ2v) is 11.5. The van der Waals surface area contributed by atoms with E-state index in [1.807, 2.05) is 27.7 Å². The summed E-state index contributed by atoms with van der Waals surface area (Å²) in [7, 11) is 2.19. The first-order valence-corrected chi connectivity index (χ1v) is 13.5. The Hall–Kier alpha value is -2.93. The van der Waals surface area contributed by atoms with Crippen molar-refractivity contribution in [1.82, 2.24) is 0 Å². The van der Waals surface area contributed by atoms with Crippen LogP contribution in [0.25, 0.3) is 0 Å². The Balaban J connectivity index is 0.000000225. The average Bonchev–Trinajstić information content (AvgIpc) is 3.19. The highest BCUT2D eigenvalue weighted by atomic mass is 19.1. The van der Waals surface area contributed by atoms with Gasteiger partial charge in [0.25, 0.3) is 0 Å².